The van der Waals surface area contributed by atoms with Gasteiger partial charge in [-0.05, 0) is 44.4 Å². The molecule has 0 radical (unpaired) electrons. The highest BCUT2D eigenvalue weighted by atomic mass is 15.0. The summed E-state index contributed by atoms with van der Waals surface area (Å²) in [5.74, 6) is 0. The second-order valence-corrected chi connectivity index (χ2v) is 4.68. The number of anilines is 1. The molecule has 0 amide bonds. The van der Waals surface area contributed by atoms with Crippen LogP contribution in [-0.4, -0.2) is 24.1 Å². The molecule has 1 aliphatic heterocycles. The number of nitrogens with zero attached hydrogens (tertiary/aromatic N) is 1. The molecule has 0 bridgehead atoms. The second-order valence-electron chi connectivity index (χ2n) is 4.68. The number of hydrogen-bond acceptors (Lipinski definition) is 3. The molecule has 0 spiro atoms. The number of rotatable bonds is 3. The molecule has 1 aromatic heterocycles. The van der Waals surface area contributed by atoms with Crippen LogP contribution in [0.3, 0.4) is 0 Å². The van der Waals surface area contributed by atoms with Gasteiger partial charge in [0, 0.05) is 30.7 Å². The summed E-state index contributed by atoms with van der Waals surface area (Å²) in [4.78, 5) is 4.18. The van der Waals surface area contributed by atoms with E-state index in [-0.39, 0.29) is 0 Å². The van der Waals surface area contributed by atoms with Gasteiger partial charge in [0.05, 0.1) is 0 Å². The number of piperidine rings is 1. The third-order valence-corrected chi connectivity index (χ3v) is 3.26. The number of nitrogens with one attached hydrogen (secondary N) is 2. The smallest absolute Gasteiger partial charge is 0.0431 e. The number of aromatic nitrogens is 1. The Hall–Kier alpha value is -1.09. The van der Waals surface area contributed by atoms with Gasteiger partial charge in [0.1, 0.15) is 0 Å². The summed E-state index contributed by atoms with van der Waals surface area (Å²) < 4.78 is 0. The fraction of sp³-hybridized carbons (Fsp3) is 0.615. The Bertz CT molecular complexity index is 323. The lowest BCUT2D eigenvalue weighted by atomic mass is 10.0. The van der Waals surface area contributed by atoms with Crippen LogP contribution in [0, 0.1) is 13.8 Å². The fourth-order valence-corrected chi connectivity index (χ4v) is 2.30. The first-order valence-corrected chi connectivity index (χ1v) is 6.16. The summed E-state index contributed by atoms with van der Waals surface area (Å²) in [6.45, 7) is 6.40. The third-order valence-electron chi connectivity index (χ3n) is 3.26. The quantitative estimate of drug-likeness (QED) is 0.818. The molecule has 1 fully saturated rings. The summed E-state index contributed by atoms with van der Waals surface area (Å²) in [6.07, 6.45) is 7.81. The summed E-state index contributed by atoms with van der Waals surface area (Å²) >= 11 is 0. The zero-order valence-electron chi connectivity index (χ0n) is 10.2. The van der Waals surface area contributed by atoms with Crippen molar-refractivity contribution in [3.05, 3.63) is 23.5 Å². The first-order valence-electron chi connectivity index (χ1n) is 6.16. The molecule has 1 aromatic rings. The van der Waals surface area contributed by atoms with Crippen molar-refractivity contribution in [1.82, 2.24) is 10.3 Å². The van der Waals surface area contributed by atoms with Crippen molar-refractivity contribution >= 4 is 5.69 Å². The van der Waals surface area contributed by atoms with Crippen LogP contribution in [0.15, 0.2) is 12.4 Å². The molecule has 0 aromatic carbocycles. The highest BCUT2D eigenvalue weighted by molar-refractivity contribution is 5.55. The van der Waals surface area contributed by atoms with E-state index in [1.807, 2.05) is 12.4 Å². The molecule has 0 saturated carbocycles. The van der Waals surface area contributed by atoms with Crippen LogP contribution in [0.2, 0.25) is 0 Å². The van der Waals surface area contributed by atoms with E-state index < -0.39 is 0 Å². The SMILES string of the molecule is Cc1cncc(C)c1NCC1CCCCN1. The molecule has 0 aliphatic carbocycles. The predicted molar refractivity (Wildman–Crippen MR) is 67.8 cm³/mol. The average Bonchev–Trinajstić information content (AvgIpc) is 2.30. The minimum Gasteiger partial charge on any atom is -0.383 e. The van der Waals surface area contributed by atoms with Crippen LogP contribution in [0.1, 0.15) is 30.4 Å². The molecule has 2 rings (SSSR count). The molecule has 1 atom stereocenters. The van der Waals surface area contributed by atoms with Crippen molar-refractivity contribution in [2.24, 2.45) is 0 Å². The first kappa shape index (κ1) is 11.4. The van der Waals surface area contributed by atoms with Gasteiger partial charge in [-0.1, -0.05) is 6.42 Å². The summed E-state index contributed by atoms with van der Waals surface area (Å²) in [5, 5.41) is 7.10. The Morgan fingerprint density at radius 1 is 1.31 bits per heavy atom. The van der Waals surface area contributed by atoms with Crippen LogP contribution >= 0.6 is 0 Å². The molecule has 16 heavy (non-hydrogen) atoms. The van der Waals surface area contributed by atoms with Crippen molar-refractivity contribution < 1.29 is 0 Å². The minimum atomic E-state index is 0.626. The lowest BCUT2D eigenvalue weighted by molar-refractivity contribution is 0.414. The fourth-order valence-electron chi connectivity index (χ4n) is 2.30. The van der Waals surface area contributed by atoms with Crippen molar-refractivity contribution in [2.45, 2.75) is 39.2 Å². The minimum absolute atomic E-state index is 0.626. The Morgan fingerprint density at radius 3 is 2.69 bits per heavy atom. The van der Waals surface area contributed by atoms with Gasteiger partial charge in [-0.15, -0.1) is 0 Å². The van der Waals surface area contributed by atoms with Crippen molar-refractivity contribution in [3.8, 4) is 0 Å². The zero-order chi connectivity index (χ0) is 11.4. The maximum Gasteiger partial charge on any atom is 0.0431 e. The van der Waals surface area contributed by atoms with E-state index in [0.717, 1.165) is 6.54 Å². The van der Waals surface area contributed by atoms with Crippen LogP contribution in [0.25, 0.3) is 0 Å². The molecule has 2 N–H and O–H groups in total. The zero-order valence-corrected chi connectivity index (χ0v) is 10.2. The highest BCUT2D eigenvalue weighted by Gasteiger charge is 2.12. The van der Waals surface area contributed by atoms with Gasteiger partial charge in [-0.3, -0.25) is 4.98 Å². The molecular formula is C13H21N3. The molecule has 1 saturated heterocycles. The van der Waals surface area contributed by atoms with E-state index in [1.54, 1.807) is 0 Å². The lowest BCUT2D eigenvalue weighted by Gasteiger charge is -2.24. The van der Waals surface area contributed by atoms with Gasteiger partial charge in [-0.25, -0.2) is 0 Å². The molecular weight excluding hydrogens is 198 g/mol. The standard InChI is InChI=1S/C13H21N3/c1-10-7-14-8-11(2)13(10)16-9-12-5-3-4-6-15-12/h7-8,12,15H,3-6,9H2,1-2H3,(H,14,16). The van der Waals surface area contributed by atoms with Gasteiger partial charge in [0.25, 0.3) is 0 Å². The summed E-state index contributed by atoms with van der Waals surface area (Å²) in [6, 6.07) is 0.626. The summed E-state index contributed by atoms with van der Waals surface area (Å²) in [7, 11) is 0. The van der Waals surface area contributed by atoms with E-state index in [9.17, 15) is 0 Å². The first-order chi connectivity index (χ1) is 7.77. The molecule has 2 heterocycles. The molecule has 1 aliphatic rings. The van der Waals surface area contributed by atoms with Gasteiger partial charge in [0.15, 0.2) is 0 Å². The molecule has 88 valence electrons. The normalized spacial score (nSPS) is 20.8. The van der Waals surface area contributed by atoms with Gasteiger partial charge >= 0.3 is 0 Å². The monoisotopic (exact) mass is 219 g/mol. The van der Waals surface area contributed by atoms with Crippen molar-refractivity contribution in [3.63, 3.8) is 0 Å². The van der Waals surface area contributed by atoms with Crippen LogP contribution in [0.5, 0.6) is 0 Å². The van der Waals surface area contributed by atoms with E-state index in [1.165, 1.54) is 42.6 Å². The van der Waals surface area contributed by atoms with Crippen molar-refractivity contribution in [1.29, 1.82) is 0 Å². The lowest BCUT2D eigenvalue weighted by Crippen LogP contribution is -2.39. The maximum atomic E-state index is 4.18. The molecule has 3 nitrogen and oxygen atoms in total. The van der Waals surface area contributed by atoms with Gasteiger partial charge in [-0.2, -0.15) is 0 Å². The number of hydrogen-bond donors (Lipinski definition) is 2. The van der Waals surface area contributed by atoms with Gasteiger partial charge in [0.2, 0.25) is 0 Å². The van der Waals surface area contributed by atoms with Gasteiger partial charge < -0.3 is 10.6 Å². The number of aryl methyl sites for hydroxylation is 2. The van der Waals surface area contributed by atoms with Crippen LogP contribution in [-0.2, 0) is 0 Å². The Labute approximate surface area is 97.7 Å². The highest BCUT2D eigenvalue weighted by Crippen LogP contribution is 2.18. The third kappa shape index (κ3) is 2.73. The Kier molecular flexibility index (Phi) is 3.78. The topological polar surface area (TPSA) is 37.0 Å². The van der Waals surface area contributed by atoms with Crippen LogP contribution in [0.4, 0.5) is 5.69 Å². The summed E-state index contributed by atoms with van der Waals surface area (Å²) in [5.41, 5.74) is 3.72. The van der Waals surface area contributed by atoms with E-state index in [4.69, 9.17) is 0 Å². The van der Waals surface area contributed by atoms with Crippen molar-refractivity contribution in [2.75, 3.05) is 18.4 Å². The average molecular weight is 219 g/mol. The van der Waals surface area contributed by atoms with E-state index in [2.05, 4.69) is 29.5 Å². The van der Waals surface area contributed by atoms with E-state index >= 15 is 0 Å². The maximum absolute atomic E-state index is 4.18. The predicted octanol–water partition coefficient (Wildman–Crippen LogP) is 2.25. The Morgan fingerprint density at radius 2 is 2.06 bits per heavy atom. The molecule has 1 unspecified atom stereocenters. The second kappa shape index (κ2) is 5.30. The van der Waals surface area contributed by atoms with E-state index in [0.29, 0.717) is 6.04 Å². The molecule has 3 heteroatoms. The van der Waals surface area contributed by atoms with Crippen LogP contribution < -0.4 is 10.6 Å². The Balaban J connectivity index is 1.93. The largest absolute Gasteiger partial charge is 0.383 e. The number of pyridine rings is 1.